The smallest absolute Gasteiger partial charge is 0.265 e. The van der Waals surface area contributed by atoms with Crippen molar-refractivity contribution in [2.24, 2.45) is 0 Å². The average molecular weight is 426 g/mol. The van der Waals surface area contributed by atoms with Crippen molar-refractivity contribution in [2.45, 2.75) is 18.7 Å². The summed E-state index contributed by atoms with van der Waals surface area (Å²) in [6, 6.07) is 15.6. The van der Waals surface area contributed by atoms with Gasteiger partial charge in [-0.3, -0.25) is 9.10 Å². The maximum atomic E-state index is 13.1. The van der Waals surface area contributed by atoms with Crippen molar-refractivity contribution in [3.8, 4) is 11.5 Å². The first-order valence-electron chi connectivity index (χ1n) is 9.69. The summed E-state index contributed by atoms with van der Waals surface area (Å²) >= 11 is 0. The van der Waals surface area contributed by atoms with Crippen molar-refractivity contribution in [1.82, 2.24) is 0 Å². The van der Waals surface area contributed by atoms with Crippen molar-refractivity contribution in [2.75, 3.05) is 29.4 Å². The van der Waals surface area contributed by atoms with Crippen LogP contribution in [-0.4, -0.2) is 34.1 Å². The molecule has 3 aromatic rings. The maximum Gasteiger partial charge on any atom is 0.265 e. The van der Waals surface area contributed by atoms with Gasteiger partial charge in [-0.15, -0.1) is 0 Å². The lowest BCUT2D eigenvalue weighted by molar-refractivity contribution is -0.114. The third kappa shape index (κ3) is 3.43. The molecular weight excluding hydrogens is 404 g/mol. The summed E-state index contributed by atoms with van der Waals surface area (Å²) in [5.74, 6) is 0.601. The minimum atomic E-state index is -3.81. The van der Waals surface area contributed by atoms with Crippen LogP contribution < -0.4 is 19.1 Å². The second-order valence-corrected chi connectivity index (χ2v) is 8.55. The highest BCUT2D eigenvalue weighted by atomic mass is 32.2. The van der Waals surface area contributed by atoms with Gasteiger partial charge in [0.1, 0.15) is 18.0 Å². The number of amides is 1. The summed E-state index contributed by atoms with van der Waals surface area (Å²) in [5, 5.41) is 4.23. The predicted molar refractivity (Wildman–Crippen MR) is 116 cm³/mol. The van der Waals surface area contributed by atoms with Crippen LogP contribution in [0, 0.1) is 0 Å². The number of sulfonamides is 1. The highest BCUT2D eigenvalue weighted by molar-refractivity contribution is 7.93. The van der Waals surface area contributed by atoms with Crippen molar-refractivity contribution in [3.63, 3.8) is 0 Å². The molecule has 0 radical (unpaired) electrons. The zero-order valence-electron chi connectivity index (χ0n) is 16.7. The fraction of sp³-hybridized carbons (Fsp3) is 0.227. The molecule has 0 atom stereocenters. The largest absolute Gasteiger partial charge is 0.494 e. The zero-order valence-corrected chi connectivity index (χ0v) is 17.5. The predicted octanol–water partition coefficient (Wildman–Crippen LogP) is 3.78. The van der Waals surface area contributed by atoms with Crippen molar-refractivity contribution in [1.29, 1.82) is 0 Å². The van der Waals surface area contributed by atoms with Crippen LogP contribution in [0.2, 0.25) is 0 Å². The van der Waals surface area contributed by atoms with Crippen LogP contribution in [0.1, 0.15) is 13.8 Å². The van der Waals surface area contributed by atoms with E-state index in [0.29, 0.717) is 41.5 Å². The van der Waals surface area contributed by atoms with Gasteiger partial charge in [-0.05, 0) is 43.5 Å². The van der Waals surface area contributed by atoms with Crippen LogP contribution in [0.5, 0.6) is 11.5 Å². The number of carbonyl (C=O) groups is 1. The van der Waals surface area contributed by atoms with Gasteiger partial charge in [0.2, 0.25) is 5.91 Å². The molecular formula is C22H22N2O5S. The number of benzene rings is 3. The summed E-state index contributed by atoms with van der Waals surface area (Å²) in [5.41, 5.74) is 0.937. The van der Waals surface area contributed by atoms with E-state index in [4.69, 9.17) is 9.47 Å². The molecule has 1 amide bonds. The first kappa shape index (κ1) is 20.0. The van der Waals surface area contributed by atoms with Crippen molar-refractivity contribution < 1.29 is 22.7 Å². The van der Waals surface area contributed by atoms with Gasteiger partial charge in [0, 0.05) is 11.5 Å². The van der Waals surface area contributed by atoms with Gasteiger partial charge >= 0.3 is 0 Å². The number of ether oxygens (including phenoxy) is 2. The molecule has 4 rings (SSSR count). The Labute approximate surface area is 175 Å². The van der Waals surface area contributed by atoms with E-state index in [-0.39, 0.29) is 11.4 Å². The fourth-order valence-electron chi connectivity index (χ4n) is 3.59. The molecule has 1 aliphatic heterocycles. The van der Waals surface area contributed by atoms with Gasteiger partial charge in [0.15, 0.2) is 0 Å². The standard InChI is InChI=1S/C22H22N2O5S/c1-3-28-16-11-12-19(29-4-2)17(13-16)23-21(25)14-24-18-9-5-7-15-8-6-10-20(22(15)18)30(24,26)27/h5-13H,3-4,14H2,1-2H3,(H,23,25). The van der Waals surface area contributed by atoms with E-state index in [1.54, 1.807) is 42.5 Å². The zero-order chi connectivity index (χ0) is 21.3. The molecule has 0 unspecified atom stereocenters. The Balaban J connectivity index is 1.63. The highest BCUT2D eigenvalue weighted by Gasteiger charge is 2.36. The minimum Gasteiger partial charge on any atom is -0.494 e. The second-order valence-electron chi connectivity index (χ2n) is 6.72. The molecule has 156 valence electrons. The van der Waals surface area contributed by atoms with Crippen LogP contribution in [0.25, 0.3) is 10.8 Å². The van der Waals surface area contributed by atoms with E-state index in [2.05, 4.69) is 5.32 Å². The summed E-state index contributed by atoms with van der Waals surface area (Å²) in [6.45, 7) is 4.27. The van der Waals surface area contributed by atoms with E-state index in [9.17, 15) is 13.2 Å². The van der Waals surface area contributed by atoms with E-state index in [1.807, 2.05) is 26.0 Å². The molecule has 0 saturated carbocycles. The topological polar surface area (TPSA) is 84.9 Å². The van der Waals surface area contributed by atoms with Crippen LogP contribution >= 0.6 is 0 Å². The Bertz CT molecular complexity index is 1220. The quantitative estimate of drug-likeness (QED) is 0.621. The molecule has 0 saturated heterocycles. The van der Waals surface area contributed by atoms with Crippen LogP contribution in [0.3, 0.4) is 0 Å². The number of carbonyl (C=O) groups excluding carboxylic acids is 1. The second kappa shape index (κ2) is 7.87. The molecule has 8 heteroatoms. The summed E-state index contributed by atoms with van der Waals surface area (Å²) < 4.78 is 38.3. The Kier molecular flexibility index (Phi) is 5.26. The molecule has 30 heavy (non-hydrogen) atoms. The van der Waals surface area contributed by atoms with Gasteiger partial charge in [0.05, 0.1) is 29.5 Å². The van der Waals surface area contributed by atoms with E-state index < -0.39 is 15.9 Å². The molecule has 7 nitrogen and oxygen atoms in total. The molecule has 0 aliphatic carbocycles. The maximum absolute atomic E-state index is 13.1. The fourth-order valence-corrected chi connectivity index (χ4v) is 5.26. The first-order chi connectivity index (χ1) is 14.5. The van der Waals surface area contributed by atoms with Gasteiger partial charge in [-0.1, -0.05) is 24.3 Å². The molecule has 1 aliphatic rings. The van der Waals surface area contributed by atoms with E-state index in [0.717, 1.165) is 9.69 Å². The molecule has 0 bridgehead atoms. The van der Waals surface area contributed by atoms with Crippen LogP contribution in [0.4, 0.5) is 11.4 Å². The number of anilines is 2. The third-order valence-corrected chi connectivity index (χ3v) is 6.61. The lowest BCUT2D eigenvalue weighted by Gasteiger charge is -2.19. The lowest BCUT2D eigenvalue weighted by Crippen LogP contribution is -2.35. The van der Waals surface area contributed by atoms with Gasteiger partial charge in [0.25, 0.3) is 10.0 Å². The van der Waals surface area contributed by atoms with Crippen molar-refractivity contribution >= 4 is 38.1 Å². The van der Waals surface area contributed by atoms with E-state index in [1.165, 1.54) is 0 Å². The van der Waals surface area contributed by atoms with Gasteiger partial charge in [-0.2, -0.15) is 0 Å². The van der Waals surface area contributed by atoms with E-state index >= 15 is 0 Å². The Morgan fingerprint density at radius 3 is 2.47 bits per heavy atom. The number of hydrogen-bond donors (Lipinski definition) is 1. The van der Waals surface area contributed by atoms with Gasteiger partial charge < -0.3 is 14.8 Å². The Morgan fingerprint density at radius 1 is 1.00 bits per heavy atom. The number of hydrogen-bond acceptors (Lipinski definition) is 5. The molecule has 0 aromatic heterocycles. The SMILES string of the molecule is CCOc1ccc(OCC)c(NC(=O)CN2c3cccc4cccc(c34)S2(=O)=O)c1. The third-order valence-electron chi connectivity index (χ3n) is 4.80. The minimum absolute atomic E-state index is 0.219. The summed E-state index contributed by atoms with van der Waals surface area (Å²) in [6.07, 6.45) is 0. The first-order valence-corrected chi connectivity index (χ1v) is 11.1. The van der Waals surface area contributed by atoms with Crippen LogP contribution in [-0.2, 0) is 14.8 Å². The lowest BCUT2D eigenvalue weighted by atomic mass is 10.1. The van der Waals surface area contributed by atoms with Crippen molar-refractivity contribution in [3.05, 3.63) is 54.6 Å². The molecule has 3 aromatic carbocycles. The Hall–Kier alpha value is -3.26. The van der Waals surface area contributed by atoms with Crippen LogP contribution in [0.15, 0.2) is 59.5 Å². The average Bonchev–Trinajstić information content (AvgIpc) is 2.94. The van der Waals surface area contributed by atoms with Gasteiger partial charge in [-0.25, -0.2) is 8.42 Å². The number of nitrogens with one attached hydrogen (secondary N) is 1. The molecule has 1 N–H and O–H groups in total. The number of rotatable bonds is 7. The molecule has 1 heterocycles. The number of nitrogens with zero attached hydrogens (tertiary/aromatic N) is 1. The monoisotopic (exact) mass is 426 g/mol. The summed E-state index contributed by atoms with van der Waals surface area (Å²) in [4.78, 5) is 13.1. The Morgan fingerprint density at radius 2 is 1.73 bits per heavy atom. The normalized spacial score (nSPS) is 14.0. The molecule has 0 fully saturated rings. The highest BCUT2D eigenvalue weighted by Crippen LogP contribution is 2.41. The summed E-state index contributed by atoms with van der Waals surface area (Å²) in [7, 11) is -3.81. The molecule has 0 spiro atoms.